The highest BCUT2D eigenvalue weighted by Crippen LogP contribution is 2.37. The Bertz CT molecular complexity index is 1040. The summed E-state index contributed by atoms with van der Waals surface area (Å²) in [5.74, 6) is -1.04. The van der Waals surface area contributed by atoms with E-state index in [0.29, 0.717) is 5.52 Å². The number of carbonyl (C=O) groups is 1. The quantitative estimate of drug-likeness (QED) is 0.401. The topological polar surface area (TPSA) is 121 Å². The fourth-order valence-corrected chi connectivity index (χ4v) is 2.63. The number of nitrogens with one attached hydrogen (secondary N) is 1. The zero-order chi connectivity index (χ0) is 18.1. The highest BCUT2D eigenvalue weighted by Gasteiger charge is 2.16. The van der Waals surface area contributed by atoms with Crippen LogP contribution in [0, 0.1) is 17.0 Å². The summed E-state index contributed by atoms with van der Waals surface area (Å²) in [6.45, 7) is 1.83. The predicted octanol–water partition coefficient (Wildman–Crippen LogP) is 4.67. The van der Waals surface area contributed by atoms with Gasteiger partial charge in [-0.1, -0.05) is 17.7 Å². The average molecular weight is 359 g/mol. The lowest BCUT2D eigenvalue weighted by Gasteiger charge is -1.99. The molecule has 126 valence electrons. The van der Waals surface area contributed by atoms with Crippen LogP contribution in [-0.2, 0) is 0 Å². The minimum Gasteiger partial charge on any atom is -0.493 e. The molecule has 0 aliphatic carbocycles. The van der Waals surface area contributed by atoms with E-state index in [-0.39, 0.29) is 33.2 Å². The van der Waals surface area contributed by atoms with Crippen molar-refractivity contribution in [2.24, 2.45) is 10.2 Å². The summed E-state index contributed by atoms with van der Waals surface area (Å²) in [7, 11) is 0. The van der Waals surface area contributed by atoms with Gasteiger partial charge in [0, 0.05) is 17.5 Å². The maximum Gasteiger partial charge on any atom is 0.296 e. The van der Waals surface area contributed by atoms with Crippen molar-refractivity contribution >= 4 is 39.8 Å². The summed E-state index contributed by atoms with van der Waals surface area (Å²) in [5.41, 5.74) is 1.26. The van der Waals surface area contributed by atoms with Crippen LogP contribution in [0.3, 0.4) is 0 Å². The maximum atomic E-state index is 12.1. The number of amides is 1. The van der Waals surface area contributed by atoms with E-state index in [2.05, 4.69) is 15.2 Å². The maximum absolute atomic E-state index is 12.1. The molecule has 1 aromatic heterocycles. The number of aryl methyl sites for hydroxylation is 1. The number of halogens is 1. The van der Waals surface area contributed by atoms with Gasteiger partial charge >= 0.3 is 0 Å². The molecule has 0 fully saturated rings. The van der Waals surface area contributed by atoms with Crippen LogP contribution in [0.25, 0.3) is 10.9 Å². The predicted molar refractivity (Wildman–Crippen MR) is 91.7 cm³/mol. The number of H-pyrrole nitrogens is 1. The van der Waals surface area contributed by atoms with Crippen molar-refractivity contribution in [2.45, 2.75) is 6.92 Å². The number of nitro groups is 1. The molecule has 3 aromatic rings. The van der Waals surface area contributed by atoms with Gasteiger partial charge in [-0.15, -0.1) is 10.2 Å². The Labute approximate surface area is 145 Å². The minimum atomic E-state index is -0.691. The first kappa shape index (κ1) is 16.6. The molecule has 2 aromatic carbocycles. The second-order valence-corrected chi connectivity index (χ2v) is 5.70. The molecule has 0 unspecified atom stereocenters. The number of non-ortho nitro benzene ring substituents is 1. The van der Waals surface area contributed by atoms with Gasteiger partial charge in [-0.2, -0.15) is 0 Å². The zero-order valence-electron chi connectivity index (χ0n) is 12.9. The molecule has 9 heteroatoms. The van der Waals surface area contributed by atoms with E-state index in [1.54, 1.807) is 12.1 Å². The highest BCUT2D eigenvalue weighted by molar-refractivity contribution is 6.33. The first-order chi connectivity index (χ1) is 11.9. The first-order valence-corrected chi connectivity index (χ1v) is 7.46. The number of azo groups is 1. The van der Waals surface area contributed by atoms with E-state index in [1.165, 1.54) is 24.3 Å². The molecular formula is C16H11ClN4O4. The molecule has 3 rings (SSSR count). The van der Waals surface area contributed by atoms with Gasteiger partial charge in [0.1, 0.15) is 0 Å². The van der Waals surface area contributed by atoms with Crippen molar-refractivity contribution in [2.75, 3.05) is 0 Å². The molecule has 8 nitrogen and oxygen atoms in total. The molecule has 0 saturated heterocycles. The highest BCUT2D eigenvalue weighted by atomic mass is 35.5. The molecule has 1 amide bonds. The molecule has 0 aliphatic rings. The largest absolute Gasteiger partial charge is 0.493 e. The van der Waals surface area contributed by atoms with Crippen LogP contribution in [0.2, 0.25) is 5.02 Å². The summed E-state index contributed by atoms with van der Waals surface area (Å²) in [5, 5.41) is 28.6. The van der Waals surface area contributed by atoms with Gasteiger partial charge in [0.25, 0.3) is 11.6 Å². The SMILES string of the molecule is Cc1ccc(C(=O)N=Nc2c(O)[nH]c3ccc([N+](=O)[O-])cc23)c(Cl)c1. The van der Waals surface area contributed by atoms with Crippen molar-refractivity contribution in [1.82, 2.24) is 4.98 Å². The van der Waals surface area contributed by atoms with Crippen LogP contribution in [0.4, 0.5) is 11.4 Å². The van der Waals surface area contributed by atoms with Crippen LogP contribution in [-0.4, -0.2) is 20.9 Å². The summed E-state index contributed by atoms with van der Waals surface area (Å²) < 4.78 is 0. The fraction of sp³-hybridized carbons (Fsp3) is 0.0625. The second-order valence-electron chi connectivity index (χ2n) is 5.30. The number of rotatable bonds is 3. The molecule has 0 spiro atoms. The number of aromatic amines is 1. The van der Waals surface area contributed by atoms with Gasteiger partial charge < -0.3 is 10.1 Å². The number of aromatic hydroxyl groups is 1. The Hall–Kier alpha value is -3.26. The molecule has 0 saturated carbocycles. The third-order valence-electron chi connectivity index (χ3n) is 3.54. The van der Waals surface area contributed by atoms with Gasteiger partial charge in [-0.25, -0.2) is 0 Å². The third-order valence-corrected chi connectivity index (χ3v) is 3.85. The van der Waals surface area contributed by atoms with Crippen LogP contribution in [0.15, 0.2) is 46.6 Å². The van der Waals surface area contributed by atoms with E-state index in [4.69, 9.17) is 11.6 Å². The normalized spacial score (nSPS) is 11.3. The molecule has 0 radical (unpaired) electrons. The van der Waals surface area contributed by atoms with Crippen LogP contribution in [0.5, 0.6) is 5.88 Å². The third kappa shape index (κ3) is 3.20. The standard InChI is InChI=1S/C16H11ClN4O4/c1-8-2-4-10(12(17)6-8)15(22)20-19-14-11-7-9(21(24)25)3-5-13(11)18-16(14)23/h2-7,18,23H,1H3. The molecule has 2 N–H and O–H groups in total. The Morgan fingerprint density at radius 3 is 2.72 bits per heavy atom. The lowest BCUT2D eigenvalue weighted by atomic mass is 10.1. The Morgan fingerprint density at radius 1 is 1.28 bits per heavy atom. The molecule has 0 atom stereocenters. The molecule has 1 heterocycles. The number of aromatic nitrogens is 1. The fourth-order valence-electron chi connectivity index (χ4n) is 2.31. The van der Waals surface area contributed by atoms with E-state index >= 15 is 0 Å². The van der Waals surface area contributed by atoms with Gasteiger partial charge in [-0.05, 0) is 30.7 Å². The number of hydrogen-bond donors (Lipinski definition) is 2. The number of benzene rings is 2. The lowest BCUT2D eigenvalue weighted by Crippen LogP contribution is -1.95. The van der Waals surface area contributed by atoms with E-state index in [9.17, 15) is 20.0 Å². The molecule has 25 heavy (non-hydrogen) atoms. The van der Waals surface area contributed by atoms with Crippen LogP contribution >= 0.6 is 11.6 Å². The zero-order valence-corrected chi connectivity index (χ0v) is 13.6. The van der Waals surface area contributed by atoms with Gasteiger partial charge in [0.2, 0.25) is 5.88 Å². The van der Waals surface area contributed by atoms with Gasteiger partial charge in [0.15, 0.2) is 5.69 Å². The lowest BCUT2D eigenvalue weighted by molar-refractivity contribution is -0.384. The van der Waals surface area contributed by atoms with Gasteiger partial charge in [0.05, 0.1) is 21.0 Å². The van der Waals surface area contributed by atoms with Crippen molar-refractivity contribution in [3.05, 3.63) is 62.7 Å². The van der Waals surface area contributed by atoms with Gasteiger partial charge in [-0.3, -0.25) is 14.9 Å². The van der Waals surface area contributed by atoms with Crippen molar-refractivity contribution in [3.8, 4) is 5.88 Å². The summed E-state index contributed by atoms with van der Waals surface area (Å²) in [6, 6.07) is 8.82. The number of hydrogen-bond acceptors (Lipinski definition) is 5. The number of carbonyl (C=O) groups excluding carboxylic acids is 1. The monoisotopic (exact) mass is 358 g/mol. The minimum absolute atomic E-state index is 0.0599. The Morgan fingerprint density at radius 2 is 2.04 bits per heavy atom. The molecule has 0 aliphatic heterocycles. The number of nitrogens with zero attached hydrogens (tertiary/aromatic N) is 3. The first-order valence-electron chi connectivity index (χ1n) is 7.08. The number of nitro benzene ring substituents is 1. The summed E-state index contributed by atoms with van der Waals surface area (Å²) in [4.78, 5) is 25.1. The van der Waals surface area contributed by atoms with Crippen LogP contribution < -0.4 is 0 Å². The average Bonchev–Trinajstić information content (AvgIpc) is 2.87. The number of fused-ring (bicyclic) bond motifs is 1. The second kappa shape index (κ2) is 6.33. The van der Waals surface area contributed by atoms with Crippen LogP contribution in [0.1, 0.15) is 15.9 Å². The summed E-state index contributed by atoms with van der Waals surface area (Å²) in [6.07, 6.45) is 0. The van der Waals surface area contributed by atoms with E-state index in [0.717, 1.165) is 5.56 Å². The smallest absolute Gasteiger partial charge is 0.296 e. The van der Waals surface area contributed by atoms with Crippen molar-refractivity contribution < 1.29 is 14.8 Å². The van der Waals surface area contributed by atoms with Crippen molar-refractivity contribution in [1.29, 1.82) is 0 Å². The Balaban J connectivity index is 2.00. The Kier molecular flexibility index (Phi) is 4.20. The molecule has 0 bridgehead atoms. The summed E-state index contributed by atoms with van der Waals surface area (Å²) >= 11 is 6.01. The molecular weight excluding hydrogens is 348 g/mol. The van der Waals surface area contributed by atoms with Crippen molar-refractivity contribution in [3.63, 3.8) is 0 Å². The van der Waals surface area contributed by atoms with E-state index in [1.807, 2.05) is 6.92 Å². The van der Waals surface area contributed by atoms with E-state index < -0.39 is 10.8 Å².